The van der Waals surface area contributed by atoms with Crippen LogP contribution in [0.15, 0.2) is 67.3 Å². The van der Waals surface area contributed by atoms with E-state index in [2.05, 4.69) is 10.1 Å². The fraction of sp³-hybridized carbons (Fsp3) is 0. The normalized spacial score (nSPS) is 11.1. The number of imidazole rings is 1. The Balaban J connectivity index is 1.83. The van der Waals surface area contributed by atoms with E-state index in [0.29, 0.717) is 5.02 Å². The molecule has 3 heterocycles. The van der Waals surface area contributed by atoms with Gasteiger partial charge in [-0.15, -0.1) is 0 Å². The van der Waals surface area contributed by atoms with Gasteiger partial charge in [-0.3, -0.25) is 4.40 Å². The fourth-order valence-electron chi connectivity index (χ4n) is 2.37. The Morgan fingerprint density at radius 3 is 2.67 bits per heavy atom. The molecule has 0 fully saturated rings. The number of fused-ring (bicyclic) bond motifs is 1. The van der Waals surface area contributed by atoms with Gasteiger partial charge >= 0.3 is 0 Å². The van der Waals surface area contributed by atoms with E-state index in [1.807, 2.05) is 76.3 Å². The van der Waals surface area contributed by atoms with Gasteiger partial charge < -0.3 is 0 Å². The third-order valence-corrected chi connectivity index (χ3v) is 3.68. The van der Waals surface area contributed by atoms with Crippen LogP contribution < -0.4 is 0 Å². The van der Waals surface area contributed by atoms with Gasteiger partial charge in [-0.2, -0.15) is 5.10 Å². The second-order valence-corrected chi connectivity index (χ2v) is 5.11. The van der Waals surface area contributed by atoms with E-state index in [1.54, 1.807) is 0 Å². The molecule has 0 N–H and O–H groups in total. The first kappa shape index (κ1) is 12.2. The molecule has 21 heavy (non-hydrogen) atoms. The third kappa shape index (κ3) is 2.00. The largest absolute Gasteiger partial charge is 0.298 e. The van der Waals surface area contributed by atoms with Gasteiger partial charge in [0, 0.05) is 18.0 Å². The Bertz CT molecular complexity index is 908. The van der Waals surface area contributed by atoms with Crippen molar-refractivity contribution in [1.82, 2.24) is 19.2 Å². The highest BCUT2D eigenvalue weighted by atomic mass is 35.5. The maximum Gasteiger partial charge on any atom is 0.156 e. The van der Waals surface area contributed by atoms with Crippen LogP contribution in [0.4, 0.5) is 0 Å². The maximum atomic E-state index is 6.15. The quantitative estimate of drug-likeness (QED) is 0.563. The molecular formula is C16H11ClN4. The van der Waals surface area contributed by atoms with Crippen molar-refractivity contribution in [2.24, 2.45) is 0 Å². The van der Waals surface area contributed by atoms with Gasteiger partial charge in [0.05, 0.1) is 28.8 Å². The molecule has 0 aliphatic carbocycles. The van der Waals surface area contributed by atoms with Crippen LogP contribution in [0.5, 0.6) is 0 Å². The van der Waals surface area contributed by atoms with Gasteiger partial charge in [0.25, 0.3) is 0 Å². The van der Waals surface area contributed by atoms with E-state index in [4.69, 9.17) is 11.6 Å². The molecule has 0 unspecified atom stereocenters. The highest BCUT2D eigenvalue weighted by Crippen LogP contribution is 2.24. The van der Waals surface area contributed by atoms with Gasteiger partial charge in [0.1, 0.15) is 0 Å². The number of para-hydroxylation sites is 1. The summed E-state index contributed by atoms with van der Waals surface area (Å²) >= 11 is 6.15. The minimum absolute atomic E-state index is 0.638. The Morgan fingerprint density at radius 1 is 0.952 bits per heavy atom. The van der Waals surface area contributed by atoms with Crippen LogP contribution in [0.1, 0.15) is 0 Å². The van der Waals surface area contributed by atoms with E-state index < -0.39 is 0 Å². The van der Waals surface area contributed by atoms with Crippen molar-refractivity contribution >= 4 is 17.2 Å². The molecule has 0 saturated heterocycles. The zero-order valence-corrected chi connectivity index (χ0v) is 11.8. The van der Waals surface area contributed by atoms with Crippen LogP contribution in [-0.4, -0.2) is 19.2 Å². The number of rotatable bonds is 2. The third-order valence-electron chi connectivity index (χ3n) is 3.39. The summed E-state index contributed by atoms with van der Waals surface area (Å²) in [5.41, 5.74) is 3.74. The van der Waals surface area contributed by atoms with Crippen LogP contribution >= 0.6 is 11.6 Å². The van der Waals surface area contributed by atoms with Crippen LogP contribution in [0, 0.1) is 0 Å². The van der Waals surface area contributed by atoms with Crippen molar-refractivity contribution in [3.05, 3.63) is 72.3 Å². The van der Waals surface area contributed by atoms with Crippen molar-refractivity contribution < 1.29 is 0 Å². The van der Waals surface area contributed by atoms with Gasteiger partial charge in [0.15, 0.2) is 5.65 Å². The molecule has 4 aromatic rings. The van der Waals surface area contributed by atoms with Crippen molar-refractivity contribution in [3.63, 3.8) is 0 Å². The highest BCUT2D eigenvalue weighted by Gasteiger charge is 2.10. The number of pyridine rings is 1. The minimum atomic E-state index is 0.638. The summed E-state index contributed by atoms with van der Waals surface area (Å²) in [6.07, 6.45) is 7.58. The van der Waals surface area contributed by atoms with E-state index in [9.17, 15) is 0 Å². The van der Waals surface area contributed by atoms with Crippen molar-refractivity contribution in [2.75, 3.05) is 0 Å². The first-order valence-electron chi connectivity index (χ1n) is 6.55. The second-order valence-electron chi connectivity index (χ2n) is 4.70. The summed E-state index contributed by atoms with van der Waals surface area (Å²) in [6.45, 7) is 0. The summed E-state index contributed by atoms with van der Waals surface area (Å²) < 4.78 is 3.81. The van der Waals surface area contributed by atoms with Crippen LogP contribution in [0.3, 0.4) is 0 Å². The summed E-state index contributed by atoms with van der Waals surface area (Å²) in [4.78, 5) is 4.37. The first-order chi connectivity index (χ1) is 10.3. The van der Waals surface area contributed by atoms with Crippen LogP contribution in [-0.2, 0) is 0 Å². The Morgan fingerprint density at radius 2 is 1.81 bits per heavy atom. The second kappa shape index (κ2) is 4.75. The van der Waals surface area contributed by atoms with Crippen LogP contribution in [0.25, 0.3) is 22.6 Å². The molecule has 0 radical (unpaired) electrons. The summed E-state index contributed by atoms with van der Waals surface area (Å²) in [7, 11) is 0. The number of hydrogen-bond acceptors (Lipinski definition) is 2. The minimum Gasteiger partial charge on any atom is -0.298 e. The SMILES string of the molecule is Clc1cccn2c(-c3cnn(-c4ccccc4)c3)cnc12. The Kier molecular flexibility index (Phi) is 2.75. The molecule has 0 amide bonds. The number of halogens is 1. The van der Waals surface area contributed by atoms with Gasteiger partial charge in [-0.25, -0.2) is 9.67 Å². The highest BCUT2D eigenvalue weighted by molar-refractivity contribution is 6.33. The lowest BCUT2D eigenvalue weighted by atomic mass is 10.3. The van der Waals surface area contributed by atoms with E-state index in [-0.39, 0.29) is 0 Å². The number of benzene rings is 1. The Hall–Kier alpha value is -2.59. The number of aromatic nitrogens is 4. The van der Waals surface area contributed by atoms with Gasteiger partial charge in [0.2, 0.25) is 0 Å². The molecule has 5 heteroatoms. The molecular weight excluding hydrogens is 284 g/mol. The molecule has 0 spiro atoms. The zero-order valence-electron chi connectivity index (χ0n) is 11.0. The Labute approximate surface area is 126 Å². The van der Waals surface area contributed by atoms with E-state index >= 15 is 0 Å². The lowest BCUT2D eigenvalue weighted by molar-refractivity contribution is 0.880. The average Bonchev–Trinajstić information content (AvgIpc) is 3.15. The topological polar surface area (TPSA) is 35.1 Å². The standard InChI is InChI=1S/C16H11ClN4/c17-14-7-4-8-20-15(10-18-16(14)20)12-9-19-21(11-12)13-5-2-1-3-6-13/h1-11H. The first-order valence-corrected chi connectivity index (χ1v) is 6.93. The lowest BCUT2D eigenvalue weighted by Gasteiger charge is -2.00. The molecule has 0 aliphatic heterocycles. The molecule has 0 bridgehead atoms. The fourth-order valence-corrected chi connectivity index (χ4v) is 2.58. The number of nitrogens with zero attached hydrogens (tertiary/aromatic N) is 4. The van der Waals surface area contributed by atoms with Crippen molar-refractivity contribution in [2.45, 2.75) is 0 Å². The average molecular weight is 295 g/mol. The lowest BCUT2D eigenvalue weighted by Crippen LogP contribution is -1.92. The molecule has 0 saturated carbocycles. The molecule has 102 valence electrons. The monoisotopic (exact) mass is 294 g/mol. The molecule has 1 aromatic carbocycles. The molecule has 0 atom stereocenters. The van der Waals surface area contributed by atoms with E-state index in [1.165, 1.54) is 0 Å². The van der Waals surface area contributed by atoms with Gasteiger partial charge in [-0.1, -0.05) is 29.8 Å². The molecule has 3 aromatic heterocycles. The predicted molar refractivity (Wildman–Crippen MR) is 82.8 cm³/mol. The van der Waals surface area contributed by atoms with Crippen molar-refractivity contribution in [1.29, 1.82) is 0 Å². The van der Waals surface area contributed by atoms with Gasteiger partial charge in [-0.05, 0) is 24.3 Å². The summed E-state index contributed by atoms with van der Waals surface area (Å²) in [6, 6.07) is 13.7. The molecule has 4 rings (SSSR count). The summed E-state index contributed by atoms with van der Waals surface area (Å²) in [5, 5.41) is 5.05. The number of hydrogen-bond donors (Lipinski definition) is 0. The molecule has 4 nitrogen and oxygen atoms in total. The summed E-state index contributed by atoms with van der Waals surface area (Å²) in [5.74, 6) is 0. The maximum absolute atomic E-state index is 6.15. The van der Waals surface area contributed by atoms with Crippen LogP contribution in [0.2, 0.25) is 5.02 Å². The van der Waals surface area contributed by atoms with Crippen molar-refractivity contribution in [3.8, 4) is 16.9 Å². The zero-order chi connectivity index (χ0) is 14.2. The molecule has 0 aliphatic rings. The predicted octanol–water partition coefficient (Wildman–Crippen LogP) is 3.84. The van der Waals surface area contributed by atoms with E-state index in [0.717, 1.165) is 22.6 Å². The smallest absolute Gasteiger partial charge is 0.156 e.